The number of nitrogens with two attached hydrogens (primary N) is 1. The summed E-state index contributed by atoms with van der Waals surface area (Å²) >= 11 is 0. The second kappa shape index (κ2) is 9.58. The van der Waals surface area contributed by atoms with Gasteiger partial charge in [0.2, 0.25) is 5.95 Å². The summed E-state index contributed by atoms with van der Waals surface area (Å²) in [5.41, 5.74) is 8.59. The van der Waals surface area contributed by atoms with Gasteiger partial charge in [0.1, 0.15) is 11.5 Å². The number of aromatic nitrogens is 2. The lowest BCUT2D eigenvalue weighted by molar-refractivity contribution is 0.233. The molecule has 0 amide bonds. The average Bonchev–Trinajstić information content (AvgIpc) is 2.63. The van der Waals surface area contributed by atoms with E-state index in [2.05, 4.69) is 43.8 Å². The predicted molar refractivity (Wildman–Crippen MR) is 120 cm³/mol. The van der Waals surface area contributed by atoms with E-state index in [-0.39, 0.29) is 5.04 Å². The molecule has 0 spiro atoms. The van der Waals surface area contributed by atoms with Gasteiger partial charge in [-0.3, -0.25) is 0 Å². The first-order valence-electron chi connectivity index (χ1n) is 10.0. The van der Waals surface area contributed by atoms with Crippen LogP contribution in [0, 0.1) is 6.92 Å². The van der Waals surface area contributed by atoms with E-state index in [0.29, 0.717) is 19.0 Å². The highest BCUT2D eigenvalue weighted by atomic mass is 28.4. The van der Waals surface area contributed by atoms with Crippen molar-refractivity contribution < 1.29 is 13.9 Å². The number of anilines is 1. The van der Waals surface area contributed by atoms with Gasteiger partial charge in [-0.05, 0) is 42.2 Å². The molecule has 2 aromatic rings. The summed E-state index contributed by atoms with van der Waals surface area (Å²) in [5.74, 6) is 1.87. The maximum Gasteiger partial charge on any atom is 0.220 e. The Morgan fingerprint density at radius 3 is 2.45 bits per heavy atom. The molecular formula is C22H35N3O3Si. The number of methoxy groups -OCH3 is 1. The zero-order valence-electron chi connectivity index (χ0n) is 18.8. The molecule has 0 fully saturated rings. The fourth-order valence-electron chi connectivity index (χ4n) is 2.64. The van der Waals surface area contributed by atoms with Gasteiger partial charge in [0.25, 0.3) is 0 Å². The lowest BCUT2D eigenvalue weighted by Crippen LogP contribution is -2.41. The Bertz CT molecular complexity index is 819. The van der Waals surface area contributed by atoms with Gasteiger partial charge in [0.15, 0.2) is 8.32 Å². The zero-order valence-corrected chi connectivity index (χ0v) is 19.8. The van der Waals surface area contributed by atoms with Crippen LogP contribution >= 0.6 is 0 Å². The van der Waals surface area contributed by atoms with Gasteiger partial charge >= 0.3 is 0 Å². The van der Waals surface area contributed by atoms with Crippen LogP contribution in [0.2, 0.25) is 18.1 Å². The smallest absolute Gasteiger partial charge is 0.220 e. The standard InChI is InChI=1S/C22H35N3O3Si/c1-16-18(15-24-21(23)25-16)13-17-9-10-19(14-20(17)26-5)27-11-8-12-28-29(6,7)22(2,3)4/h9-10,14-15H,8,11-13H2,1-7H3,(H2,23,24,25). The van der Waals surface area contributed by atoms with E-state index >= 15 is 0 Å². The van der Waals surface area contributed by atoms with Crippen molar-refractivity contribution in [3.8, 4) is 11.5 Å². The van der Waals surface area contributed by atoms with Crippen LogP contribution in [-0.2, 0) is 10.8 Å². The number of ether oxygens (including phenoxy) is 2. The maximum atomic E-state index is 6.20. The highest BCUT2D eigenvalue weighted by Crippen LogP contribution is 2.36. The largest absolute Gasteiger partial charge is 0.496 e. The van der Waals surface area contributed by atoms with Crippen molar-refractivity contribution in [2.75, 3.05) is 26.1 Å². The molecule has 1 aromatic carbocycles. The topological polar surface area (TPSA) is 79.5 Å². The summed E-state index contributed by atoms with van der Waals surface area (Å²) in [6.45, 7) is 14.6. The second-order valence-corrected chi connectivity index (χ2v) is 13.6. The summed E-state index contributed by atoms with van der Waals surface area (Å²) in [7, 11) is -0.0268. The SMILES string of the molecule is COc1cc(OCCCO[Si](C)(C)C(C)(C)C)ccc1Cc1cnc(N)nc1C. The third-order valence-electron chi connectivity index (χ3n) is 5.57. The highest BCUT2D eigenvalue weighted by molar-refractivity contribution is 6.74. The number of hydrogen-bond acceptors (Lipinski definition) is 6. The van der Waals surface area contributed by atoms with Crippen LogP contribution in [0.25, 0.3) is 0 Å². The molecule has 0 aliphatic carbocycles. The van der Waals surface area contributed by atoms with Crippen LogP contribution in [0.4, 0.5) is 5.95 Å². The number of nitrogen functional groups attached to an aromatic ring is 1. The summed E-state index contributed by atoms with van der Waals surface area (Å²) < 4.78 is 17.7. The third kappa shape index (κ3) is 6.44. The number of hydrogen-bond donors (Lipinski definition) is 1. The van der Waals surface area contributed by atoms with Gasteiger partial charge < -0.3 is 19.6 Å². The first kappa shape index (κ1) is 23.2. The van der Waals surface area contributed by atoms with E-state index in [1.807, 2.05) is 25.1 Å². The van der Waals surface area contributed by atoms with Crippen LogP contribution in [0.5, 0.6) is 11.5 Å². The minimum atomic E-state index is -1.70. The summed E-state index contributed by atoms with van der Waals surface area (Å²) in [6, 6.07) is 5.92. The molecule has 160 valence electrons. The van der Waals surface area contributed by atoms with Crippen molar-refractivity contribution in [2.45, 2.75) is 58.7 Å². The van der Waals surface area contributed by atoms with Crippen molar-refractivity contribution in [3.63, 3.8) is 0 Å². The molecular weight excluding hydrogens is 382 g/mol. The number of rotatable bonds is 9. The van der Waals surface area contributed by atoms with E-state index in [9.17, 15) is 0 Å². The van der Waals surface area contributed by atoms with E-state index in [4.69, 9.17) is 19.6 Å². The zero-order chi connectivity index (χ0) is 21.7. The van der Waals surface area contributed by atoms with E-state index < -0.39 is 8.32 Å². The molecule has 1 aromatic heterocycles. The van der Waals surface area contributed by atoms with Crippen molar-refractivity contribution in [2.24, 2.45) is 0 Å². The molecule has 0 radical (unpaired) electrons. The van der Waals surface area contributed by atoms with Crippen molar-refractivity contribution in [3.05, 3.63) is 41.2 Å². The fourth-order valence-corrected chi connectivity index (χ4v) is 3.73. The fraction of sp³-hybridized carbons (Fsp3) is 0.545. The minimum absolute atomic E-state index is 0.227. The van der Waals surface area contributed by atoms with Gasteiger partial charge in [-0.15, -0.1) is 0 Å². The van der Waals surface area contributed by atoms with Gasteiger partial charge in [-0.1, -0.05) is 26.8 Å². The molecule has 0 saturated carbocycles. The van der Waals surface area contributed by atoms with Crippen LogP contribution in [0.3, 0.4) is 0 Å². The Morgan fingerprint density at radius 2 is 1.83 bits per heavy atom. The normalized spacial score (nSPS) is 12.1. The van der Waals surface area contributed by atoms with Crippen LogP contribution in [0.1, 0.15) is 44.0 Å². The quantitative estimate of drug-likeness (QED) is 0.468. The Balaban J connectivity index is 1.91. The van der Waals surface area contributed by atoms with Gasteiger partial charge in [0, 0.05) is 37.4 Å². The van der Waals surface area contributed by atoms with Crippen molar-refractivity contribution in [1.29, 1.82) is 0 Å². The predicted octanol–water partition coefficient (Wildman–Crippen LogP) is 4.76. The minimum Gasteiger partial charge on any atom is -0.496 e. The highest BCUT2D eigenvalue weighted by Gasteiger charge is 2.36. The number of nitrogens with zero attached hydrogens (tertiary/aromatic N) is 2. The van der Waals surface area contributed by atoms with E-state index in [0.717, 1.165) is 41.3 Å². The van der Waals surface area contributed by atoms with Crippen LogP contribution in [-0.4, -0.2) is 38.6 Å². The summed E-state index contributed by atoms with van der Waals surface area (Å²) in [5, 5.41) is 0.227. The Labute approximate surface area is 175 Å². The first-order valence-corrected chi connectivity index (χ1v) is 13.0. The summed E-state index contributed by atoms with van der Waals surface area (Å²) in [4.78, 5) is 8.32. The third-order valence-corrected chi connectivity index (χ3v) is 10.1. The molecule has 7 heteroatoms. The van der Waals surface area contributed by atoms with Crippen LogP contribution < -0.4 is 15.2 Å². The molecule has 0 aliphatic rings. The van der Waals surface area contributed by atoms with Gasteiger partial charge in [0.05, 0.1) is 13.7 Å². The van der Waals surface area contributed by atoms with E-state index in [1.54, 1.807) is 13.3 Å². The molecule has 1 heterocycles. The number of benzene rings is 1. The molecule has 0 unspecified atom stereocenters. The molecule has 0 saturated heterocycles. The van der Waals surface area contributed by atoms with Crippen molar-refractivity contribution >= 4 is 14.3 Å². The molecule has 0 aliphatic heterocycles. The maximum absolute atomic E-state index is 6.20. The molecule has 6 nitrogen and oxygen atoms in total. The lowest BCUT2D eigenvalue weighted by atomic mass is 10.0. The van der Waals surface area contributed by atoms with Crippen molar-refractivity contribution in [1.82, 2.24) is 9.97 Å². The Kier molecular flexibility index (Phi) is 7.65. The van der Waals surface area contributed by atoms with Crippen LogP contribution in [0.15, 0.2) is 24.4 Å². The molecule has 2 rings (SSSR count). The molecule has 0 bridgehead atoms. The monoisotopic (exact) mass is 417 g/mol. The second-order valence-electron chi connectivity index (χ2n) is 8.80. The summed E-state index contributed by atoms with van der Waals surface area (Å²) in [6.07, 6.45) is 3.30. The average molecular weight is 418 g/mol. The lowest BCUT2D eigenvalue weighted by Gasteiger charge is -2.36. The molecule has 29 heavy (non-hydrogen) atoms. The van der Waals surface area contributed by atoms with Gasteiger partial charge in [-0.25, -0.2) is 9.97 Å². The Morgan fingerprint density at radius 1 is 1.10 bits per heavy atom. The van der Waals surface area contributed by atoms with E-state index in [1.165, 1.54) is 0 Å². The Hall–Kier alpha value is -2.12. The number of aryl methyl sites for hydroxylation is 1. The van der Waals surface area contributed by atoms with Gasteiger partial charge in [-0.2, -0.15) is 0 Å². The molecule has 0 atom stereocenters. The first-order chi connectivity index (χ1) is 13.5. The molecule has 2 N–H and O–H groups in total.